The number of hydrogen-bond acceptors (Lipinski definition) is 2. The number of alkyl halides is 1. The molecule has 1 aromatic rings. The van der Waals surface area contributed by atoms with Crippen molar-refractivity contribution in [2.45, 2.75) is 24.9 Å². The van der Waals surface area contributed by atoms with Gasteiger partial charge in [0.2, 0.25) is 0 Å². The number of halogens is 1. The zero-order valence-corrected chi connectivity index (χ0v) is 9.51. The SMILES string of the molecule is NCCc1cccc(C2(F)CCNCC2)c1. The van der Waals surface area contributed by atoms with Gasteiger partial charge < -0.3 is 11.1 Å². The fraction of sp³-hybridized carbons (Fsp3) is 0.538. The Kier molecular flexibility index (Phi) is 3.56. The highest BCUT2D eigenvalue weighted by Crippen LogP contribution is 2.35. The average molecular weight is 222 g/mol. The lowest BCUT2D eigenvalue weighted by Crippen LogP contribution is -2.36. The second-order valence-electron chi connectivity index (χ2n) is 4.45. The van der Waals surface area contributed by atoms with Crippen LogP contribution in [0.5, 0.6) is 0 Å². The minimum Gasteiger partial charge on any atom is -0.330 e. The van der Waals surface area contributed by atoms with Gasteiger partial charge in [0.1, 0.15) is 5.67 Å². The third-order valence-electron chi connectivity index (χ3n) is 3.27. The van der Waals surface area contributed by atoms with Crippen LogP contribution >= 0.6 is 0 Å². The highest BCUT2D eigenvalue weighted by molar-refractivity contribution is 5.29. The number of hydrogen-bond donors (Lipinski definition) is 2. The number of benzene rings is 1. The highest BCUT2D eigenvalue weighted by atomic mass is 19.1. The summed E-state index contributed by atoms with van der Waals surface area (Å²) in [4.78, 5) is 0. The first-order valence-corrected chi connectivity index (χ1v) is 5.94. The Hall–Kier alpha value is -0.930. The van der Waals surface area contributed by atoms with E-state index in [2.05, 4.69) is 5.32 Å². The molecule has 3 N–H and O–H groups in total. The van der Waals surface area contributed by atoms with Crippen molar-refractivity contribution < 1.29 is 4.39 Å². The van der Waals surface area contributed by atoms with Gasteiger partial charge in [0.25, 0.3) is 0 Å². The van der Waals surface area contributed by atoms with Gasteiger partial charge in [0.15, 0.2) is 0 Å². The minimum absolute atomic E-state index is 0.569. The summed E-state index contributed by atoms with van der Waals surface area (Å²) in [6.07, 6.45) is 1.96. The van der Waals surface area contributed by atoms with Crippen LogP contribution in [0.1, 0.15) is 24.0 Å². The van der Waals surface area contributed by atoms with E-state index >= 15 is 0 Å². The third kappa shape index (κ3) is 2.42. The van der Waals surface area contributed by atoms with Gasteiger partial charge in [-0.05, 0) is 50.0 Å². The van der Waals surface area contributed by atoms with Gasteiger partial charge in [-0.1, -0.05) is 24.3 Å². The molecule has 0 radical (unpaired) electrons. The summed E-state index contributed by atoms with van der Waals surface area (Å²) in [5.41, 5.74) is 6.33. The molecule has 0 spiro atoms. The quantitative estimate of drug-likeness (QED) is 0.817. The summed E-state index contributed by atoms with van der Waals surface area (Å²) >= 11 is 0. The molecular weight excluding hydrogens is 203 g/mol. The molecule has 1 saturated heterocycles. The fourth-order valence-corrected chi connectivity index (χ4v) is 2.28. The van der Waals surface area contributed by atoms with E-state index in [1.165, 1.54) is 0 Å². The molecular formula is C13H19FN2. The Bertz CT molecular complexity index is 346. The number of piperidine rings is 1. The highest BCUT2D eigenvalue weighted by Gasteiger charge is 2.33. The zero-order valence-electron chi connectivity index (χ0n) is 9.51. The molecule has 16 heavy (non-hydrogen) atoms. The molecule has 0 unspecified atom stereocenters. The van der Waals surface area contributed by atoms with Crippen molar-refractivity contribution in [3.63, 3.8) is 0 Å². The Balaban J connectivity index is 2.21. The van der Waals surface area contributed by atoms with Crippen LogP contribution in [0.25, 0.3) is 0 Å². The predicted molar refractivity (Wildman–Crippen MR) is 64.1 cm³/mol. The van der Waals surface area contributed by atoms with Crippen molar-refractivity contribution in [2.75, 3.05) is 19.6 Å². The molecule has 1 aliphatic heterocycles. The Labute approximate surface area is 96.0 Å². The number of nitrogens with one attached hydrogen (secondary N) is 1. The molecule has 0 atom stereocenters. The molecule has 0 aromatic heterocycles. The Morgan fingerprint density at radius 3 is 2.75 bits per heavy atom. The normalized spacial score (nSPS) is 19.6. The van der Waals surface area contributed by atoms with E-state index in [-0.39, 0.29) is 0 Å². The van der Waals surface area contributed by atoms with Gasteiger partial charge in [0, 0.05) is 0 Å². The van der Waals surface area contributed by atoms with Crippen LogP contribution in [0, 0.1) is 0 Å². The summed E-state index contributed by atoms with van der Waals surface area (Å²) < 4.78 is 14.7. The van der Waals surface area contributed by atoms with Crippen LogP contribution in [0.3, 0.4) is 0 Å². The van der Waals surface area contributed by atoms with E-state index < -0.39 is 5.67 Å². The smallest absolute Gasteiger partial charge is 0.138 e. The van der Waals surface area contributed by atoms with Crippen LogP contribution in [0.15, 0.2) is 24.3 Å². The van der Waals surface area contributed by atoms with Gasteiger partial charge >= 0.3 is 0 Å². The number of rotatable bonds is 3. The van der Waals surface area contributed by atoms with Crippen LogP contribution in [-0.4, -0.2) is 19.6 Å². The van der Waals surface area contributed by atoms with Gasteiger partial charge in [-0.15, -0.1) is 0 Å². The first kappa shape index (κ1) is 11.6. The predicted octanol–water partition coefficient (Wildman–Crippen LogP) is 1.74. The summed E-state index contributed by atoms with van der Waals surface area (Å²) in [6.45, 7) is 2.14. The standard InChI is InChI=1S/C13H19FN2/c14-13(5-8-16-9-6-13)12-3-1-2-11(10-12)4-7-15/h1-3,10,16H,4-9,15H2. The molecule has 88 valence electrons. The van der Waals surface area contributed by atoms with Gasteiger partial charge in [-0.25, -0.2) is 4.39 Å². The Morgan fingerprint density at radius 1 is 1.31 bits per heavy atom. The Morgan fingerprint density at radius 2 is 2.06 bits per heavy atom. The molecule has 1 aromatic carbocycles. The molecule has 0 bridgehead atoms. The van der Waals surface area contributed by atoms with Gasteiger partial charge in [-0.3, -0.25) is 0 Å². The van der Waals surface area contributed by atoms with Crippen molar-refractivity contribution in [3.05, 3.63) is 35.4 Å². The summed E-state index contributed by atoms with van der Waals surface area (Å²) in [7, 11) is 0. The van der Waals surface area contributed by atoms with E-state index in [0.717, 1.165) is 30.6 Å². The fourth-order valence-electron chi connectivity index (χ4n) is 2.28. The third-order valence-corrected chi connectivity index (χ3v) is 3.27. The van der Waals surface area contributed by atoms with Crippen LogP contribution in [-0.2, 0) is 12.1 Å². The lowest BCUT2D eigenvalue weighted by molar-refractivity contribution is 0.115. The largest absolute Gasteiger partial charge is 0.330 e. The molecule has 2 nitrogen and oxygen atoms in total. The average Bonchev–Trinajstić information content (AvgIpc) is 2.31. The summed E-state index contributed by atoms with van der Waals surface area (Å²) in [5, 5.41) is 3.19. The van der Waals surface area contributed by atoms with E-state index in [4.69, 9.17) is 5.73 Å². The summed E-state index contributed by atoms with van der Waals surface area (Å²) in [5.74, 6) is 0. The maximum Gasteiger partial charge on any atom is 0.138 e. The van der Waals surface area contributed by atoms with Crippen molar-refractivity contribution in [2.24, 2.45) is 5.73 Å². The van der Waals surface area contributed by atoms with E-state index in [9.17, 15) is 4.39 Å². The molecule has 0 aliphatic carbocycles. The molecule has 0 saturated carbocycles. The van der Waals surface area contributed by atoms with Crippen LogP contribution in [0.4, 0.5) is 4.39 Å². The maximum absolute atomic E-state index is 14.7. The van der Waals surface area contributed by atoms with Crippen LogP contribution < -0.4 is 11.1 Å². The zero-order chi connectivity index (χ0) is 11.4. The van der Waals surface area contributed by atoms with Gasteiger partial charge in [-0.2, -0.15) is 0 Å². The molecule has 1 aliphatic rings. The maximum atomic E-state index is 14.7. The van der Waals surface area contributed by atoms with Crippen molar-refractivity contribution in [3.8, 4) is 0 Å². The molecule has 1 heterocycles. The first-order valence-electron chi connectivity index (χ1n) is 5.94. The second kappa shape index (κ2) is 4.93. The van der Waals surface area contributed by atoms with Crippen molar-refractivity contribution in [1.82, 2.24) is 5.32 Å². The van der Waals surface area contributed by atoms with Crippen LogP contribution in [0.2, 0.25) is 0 Å². The molecule has 2 rings (SSSR count). The molecule has 1 fully saturated rings. The lowest BCUT2D eigenvalue weighted by Gasteiger charge is -2.30. The monoisotopic (exact) mass is 222 g/mol. The van der Waals surface area contributed by atoms with E-state index in [1.807, 2.05) is 24.3 Å². The van der Waals surface area contributed by atoms with Crippen molar-refractivity contribution >= 4 is 0 Å². The van der Waals surface area contributed by atoms with E-state index in [1.54, 1.807) is 0 Å². The van der Waals surface area contributed by atoms with Crippen molar-refractivity contribution in [1.29, 1.82) is 0 Å². The molecule has 0 amide bonds. The second-order valence-corrected chi connectivity index (χ2v) is 4.45. The lowest BCUT2D eigenvalue weighted by atomic mass is 9.86. The number of nitrogens with two attached hydrogens (primary N) is 1. The van der Waals surface area contributed by atoms with E-state index in [0.29, 0.717) is 19.4 Å². The molecule has 3 heteroatoms. The first-order chi connectivity index (χ1) is 7.74. The summed E-state index contributed by atoms with van der Waals surface area (Å²) in [6, 6.07) is 7.81. The topological polar surface area (TPSA) is 38.0 Å². The van der Waals surface area contributed by atoms with Gasteiger partial charge in [0.05, 0.1) is 0 Å². The minimum atomic E-state index is -1.14.